The molecule has 146 valence electrons. The molecule has 0 aromatic rings. The Labute approximate surface area is 158 Å². The van der Waals surface area contributed by atoms with Gasteiger partial charge in [0, 0.05) is 31.8 Å². The number of hydrogen-bond donors (Lipinski definition) is 3. The van der Waals surface area contributed by atoms with E-state index in [1.807, 2.05) is 11.8 Å². The standard InChI is InChI=1S/C21H35N3O2/c1-16-7-10-19(11-8-16)15-22-21(26)23-18(3)9-6-17(2)14-20(25)24-12-4-5-13-24/h7,9-11,16-17,21-23,26H,4-6,8,12-15H2,1-3H3/b18-9+/t16?,17-,21?/m0/s1. The molecule has 0 spiro atoms. The van der Waals surface area contributed by atoms with Gasteiger partial charge in [0.05, 0.1) is 0 Å². The van der Waals surface area contributed by atoms with Crippen LogP contribution in [0.1, 0.15) is 52.9 Å². The van der Waals surface area contributed by atoms with Crippen LogP contribution in [0.4, 0.5) is 0 Å². The quantitative estimate of drug-likeness (QED) is 0.553. The number of carbonyl (C=O) groups excluding carboxylic acids is 1. The second-order valence-electron chi connectivity index (χ2n) is 7.80. The van der Waals surface area contributed by atoms with Crippen molar-refractivity contribution in [2.75, 3.05) is 19.6 Å². The highest BCUT2D eigenvalue weighted by atomic mass is 16.3. The number of nitrogens with one attached hydrogen (secondary N) is 2. The number of hydrogen-bond acceptors (Lipinski definition) is 4. The number of nitrogens with zero attached hydrogens (tertiary/aromatic N) is 1. The highest BCUT2D eigenvalue weighted by Gasteiger charge is 2.19. The highest BCUT2D eigenvalue weighted by Crippen LogP contribution is 2.16. The van der Waals surface area contributed by atoms with Crippen molar-refractivity contribution in [3.63, 3.8) is 0 Å². The predicted molar refractivity (Wildman–Crippen MR) is 106 cm³/mol. The molecule has 0 aromatic carbocycles. The summed E-state index contributed by atoms with van der Waals surface area (Å²) in [5, 5.41) is 16.2. The summed E-state index contributed by atoms with van der Waals surface area (Å²) in [7, 11) is 0. The number of aliphatic hydroxyl groups excluding tert-OH is 1. The molecule has 1 aliphatic carbocycles. The second kappa shape index (κ2) is 10.5. The second-order valence-corrected chi connectivity index (χ2v) is 7.80. The molecule has 0 radical (unpaired) electrons. The van der Waals surface area contributed by atoms with Crippen molar-refractivity contribution in [1.82, 2.24) is 15.5 Å². The van der Waals surface area contributed by atoms with Crippen LogP contribution in [0, 0.1) is 11.8 Å². The minimum Gasteiger partial charge on any atom is -0.361 e. The summed E-state index contributed by atoms with van der Waals surface area (Å²) in [6, 6.07) is 0. The molecule has 2 unspecified atom stereocenters. The molecule has 1 fully saturated rings. The zero-order valence-corrected chi connectivity index (χ0v) is 16.5. The minimum absolute atomic E-state index is 0.277. The van der Waals surface area contributed by atoms with Crippen LogP contribution in [-0.2, 0) is 4.79 Å². The first kappa shape index (κ1) is 20.7. The Morgan fingerprint density at radius 3 is 2.81 bits per heavy atom. The van der Waals surface area contributed by atoms with Crippen LogP contribution < -0.4 is 10.6 Å². The third kappa shape index (κ3) is 7.34. The smallest absolute Gasteiger partial charge is 0.222 e. The maximum atomic E-state index is 12.2. The molecule has 2 rings (SSSR count). The lowest BCUT2D eigenvalue weighted by Crippen LogP contribution is -2.42. The first-order valence-corrected chi connectivity index (χ1v) is 9.94. The Kier molecular flexibility index (Phi) is 8.39. The zero-order valence-electron chi connectivity index (χ0n) is 16.5. The summed E-state index contributed by atoms with van der Waals surface area (Å²) >= 11 is 0. The molecule has 5 nitrogen and oxygen atoms in total. The van der Waals surface area contributed by atoms with Crippen LogP contribution in [0.2, 0.25) is 0 Å². The van der Waals surface area contributed by atoms with Crippen LogP contribution >= 0.6 is 0 Å². The molecule has 2 aliphatic rings. The van der Waals surface area contributed by atoms with Gasteiger partial charge in [-0.05, 0) is 50.0 Å². The average molecular weight is 362 g/mol. The van der Waals surface area contributed by atoms with Gasteiger partial charge in [-0.2, -0.15) is 0 Å². The Hall–Kier alpha value is -1.59. The van der Waals surface area contributed by atoms with E-state index in [0.29, 0.717) is 24.8 Å². The summed E-state index contributed by atoms with van der Waals surface area (Å²) in [6.45, 7) is 8.73. The molecular formula is C21H35N3O2. The molecule has 1 amide bonds. The number of likely N-dealkylation sites (tertiary alicyclic amines) is 1. The zero-order chi connectivity index (χ0) is 18.9. The topological polar surface area (TPSA) is 64.6 Å². The molecule has 0 aromatic heterocycles. The van der Waals surface area contributed by atoms with E-state index in [1.165, 1.54) is 5.57 Å². The van der Waals surface area contributed by atoms with E-state index < -0.39 is 6.35 Å². The summed E-state index contributed by atoms with van der Waals surface area (Å²) < 4.78 is 0. The highest BCUT2D eigenvalue weighted by molar-refractivity contribution is 5.76. The van der Waals surface area contributed by atoms with Gasteiger partial charge in [-0.15, -0.1) is 0 Å². The van der Waals surface area contributed by atoms with Gasteiger partial charge in [0.2, 0.25) is 5.91 Å². The third-order valence-corrected chi connectivity index (χ3v) is 5.06. The molecule has 5 heteroatoms. The lowest BCUT2D eigenvalue weighted by Gasteiger charge is -2.19. The van der Waals surface area contributed by atoms with Crippen molar-refractivity contribution < 1.29 is 9.90 Å². The van der Waals surface area contributed by atoms with Crippen molar-refractivity contribution in [2.24, 2.45) is 11.8 Å². The van der Waals surface area contributed by atoms with Crippen molar-refractivity contribution in [1.29, 1.82) is 0 Å². The monoisotopic (exact) mass is 361 g/mol. The largest absolute Gasteiger partial charge is 0.361 e. The molecular weight excluding hydrogens is 326 g/mol. The summed E-state index contributed by atoms with van der Waals surface area (Å²) in [5.74, 6) is 1.19. The van der Waals surface area contributed by atoms with Crippen LogP contribution in [0.15, 0.2) is 35.6 Å². The molecule has 1 heterocycles. The maximum absolute atomic E-state index is 12.2. The normalized spacial score (nSPS) is 22.9. The summed E-state index contributed by atoms with van der Waals surface area (Å²) in [4.78, 5) is 14.1. The van der Waals surface area contributed by atoms with Crippen molar-refractivity contribution in [3.8, 4) is 0 Å². The van der Waals surface area contributed by atoms with Gasteiger partial charge in [-0.3, -0.25) is 10.1 Å². The Balaban J connectivity index is 1.64. The predicted octanol–water partition coefficient (Wildman–Crippen LogP) is 2.91. The Morgan fingerprint density at radius 1 is 1.42 bits per heavy atom. The third-order valence-electron chi connectivity index (χ3n) is 5.06. The fraction of sp³-hybridized carbons (Fsp3) is 0.667. The molecule has 26 heavy (non-hydrogen) atoms. The van der Waals surface area contributed by atoms with Crippen molar-refractivity contribution in [3.05, 3.63) is 35.6 Å². The van der Waals surface area contributed by atoms with Crippen LogP contribution in [0.3, 0.4) is 0 Å². The number of carbonyl (C=O) groups is 1. The van der Waals surface area contributed by atoms with Crippen LogP contribution in [0.5, 0.6) is 0 Å². The summed E-state index contributed by atoms with van der Waals surface area (Å²) in [5.41, 5.74) is 2.13. The van der Waals surface area contributed by atoms with Gasteiger partial charge in [-0.1, -0.05) is 38.2 Å². The van der Waals surface area contributed by atoms with Gasteiger partial charge >= 0.3 is 0 Å². The van der Waals surface area contributed by atoms with Gasteiger partial charge in [0.25, 0.3) is 0 Å². The molecule has 3 atom stereocenters. The molecule has 1 saturated heterocycles. The van der Waals surface area contributed by atoms with Gasteiger partial charge in [0.1, 0.15) is 0 Å². The number of rotatable bonds is 9. The maximum Gasteiger partial charge on any atom is 0.222 e. The fourth-order valence-corrected chi connectivity index (χ4v) is 3.30. The average Bonchev–Trinajstić information content (AvgIpc) is 3.14. The van der Waals surface area contributed by atoms with E-state index in [2.05, 4.69) is 48.8 Å². The molecule has 0 saturated carbocycles. The molecule has 0 bridgehead atoms. The lowest BCUT2D eigenvalue weighted by molar-refractivity contribution is -0.130. The van der Waals surface area contributed by atoms with E-state index >= 15 is 0 Å². The number of allylic oxidation sites excluding steroid dienone is 4. The van der Waals surface area contributed by atoms with Crippen LogP contribution in [-0.4, -0.2) is 41.9 Å². The van der Waals surface area contributed by atoms with Gasteiger partial charge in [-0.25, -0.2) is 0 Å². The van der Waals surface area contributed by atoms with Crippen molar-refractivity contribution >= 4 is 5.91 Å². The Bertz CT molecular complexity index is 547. The number of aliphatic hydroxyl groups is 1. The first-order chi connectivity index (χ1) is 12.4. The van der Waals surface area contributed by atoms with Gasteiger partial charge in [0.15, 0.2) is 6.35 Å². The lowest BCUT2D eigenvalue weighted by atomic mass is 9.99. The molecule has 3 N–H and O–H groups in total. The van der Waals surface area contributed by atoms with E-state index in [9.17, 15) is 9.90 Å². The number of amides is 1. The minimum atomic E-state index is -0.776. The first-order valence-electron chi connectivity index (χ1n) is 9.94. The fourth-order valence-electron chi connectivity index (χ4n) is 3.30. The van der Waals surface area contributed by atoms with Crippen molar-refractivity contribution in [2.45, 2.75) is 59.2 Å². The van der Waals surface area contributed by atoms with E-state index in [-0.39, 0.29) is 5.91 Å². The Morgan fingerprint density at radius 2 is 2.15 bits per heavy atom. The van der Waals surface area contributed by atoms with E-state index in [4.69, 9.17) is 0 Å². The van der Waals surface area contributed by atoms with Gasteiger partial charge < -0.3 is 15.3 Å². The molecule has 1 aliphatic heterocycles. The van der Waals surface area contributed by atoms with E-state index in [1.54, 1.807) is 0 Å². The SMILES string of the molecule is C/C(=C\C[C@H](C)CC(=O)N1CCCC1)NC(O)NCC1=CCC(C)C=C1. The summed E-state index contributed by atoms with van der Waals surface area (Å²) in [6.07, 6.45) is 12.6. The van der Waals surface area contributed by atoms with E-state index in [0.717, 1.165) is 44.5 Å². The van der Waals surface area contributed by atoms with Crippen LogP contribution in [0.25, 0.3) is 0 Å².